The van der Waals surface area contributed by atoms with Crippen LogP contribution in [0.2, 0.25) is 5.02 Å². The number of hydrogen-bond donors (Lipinski definition) is 3. The number of carboxylic acids is 1. The van der Waals surface area contributed by atoms with E-state index in [1.54, 1.807) is 24.2 Å². The zero-order valence-corrected chi connectivity index (χ0v) is 12.1. The van der Waals surface area contributed by atoms with Crippen LogP contribution in [-0.4, -0.2) is 34.6 Å². The molecule has 2 aromatic rings. The number of carboxylic acid groups (broad SMARTS) is 1. The minimum Gasteiger partial charge on any atom is -0.478 e. The van der Waals surface area contributed by atoms with Gasteiger partial charge in [0.15, 0.2) is 0 Å². The zero-order chi connectivity index (χ0) is 15.4. The fourth-order valence-corrected chi connectivity index (χ4v) is 2.08. The predicted molar refractivity (Wildman–Crippen MR) is 80.2 cm³/mol. The number of nitrogens with one attached hydrogen (secondary N) is 1. The van der Waals surface area contributed by atoms with E-state index < -0.39 is 5.97 Å². The largest absolute Gasteiger partial charge is 0.478 e. The van der Waals surface area contributed by atoms with Gasteiger partial charge in [-0.1, -0.05) is 11.6 Å². The number of halogens is 1. The standard InChI is InChI=1S/C13H15ClN4O3/c1-21-3-2-18-7-9(6-16-18)17-12-10(13(19)20)4-8(15)5-11(12)14/h4-7,17H,2-3,15H2,1H3,(H,19,20). The Morgan fingerprint density at radius 2 is 2.33 bits per heavy atom. The average molecular weight is 311 g/mol. The van der Waals surface area contributed by atoms with E-state index in [4.69, 9.17) is 22.1 Å². The van der Waals surface area contributed by atoms with Crippen molar-refractivity contribution in [3.05, 3.63) is 35.1 Å². The van der Waals surface area contributed by atoms with Gasteiger partial charge in [-0.15, -0.1) is 0 Å². The Kier molecular flexibility index (Phi) is 4.66. The highest BCUT2D eigenvalue weighted by atomic mass is 35.5. The van der Waals surface area contributed by atoms with Crippen molar-refractivity contribution >= 4 is 34.6 Å². The minimum absolute atomic E-state index is 0.00430. The lowest BCUT2D eigenvalue weighted by Gasteiger charge is -2.11. The Balaban J connectivity index is 2.26. The van der Waals surface area contributed by atoms with Crippen molar-refractivity contribution in [3.8, 4) is 0 Å². The maximum Gasteiger partial charge on any atom is 0.337 e. The number of methoxy groups -OCH3 is 1. The van der Waals surface area contributed by atoms with E-state index in [1.807, 2.05) is 0 Å². The summed E-state index contributed by atoms with van der Waals surface area (Å²) in [6.45, 7) is 1.13. The second-order valence-corrected chi connectivity index (χ2v) is 4.75. The molecule has 4 N–H and O–H groups in total. The molecule has 21 heavy (non-hydrogen) atoms. The third kappa shape index (κ3) is 3.65. The van der Waals surface area contributed by atoms with E-state index in [0.717, 1.165) is 0 Å². The van der Waals surface area contributed by atoms with Crippen molar-refractivity contribution in [3.63, 3.8) is 0 Å². The van der Waals surface area contributed by atoms with Gasteiger partial charge in [0.25, 0.3) is 0 Å². The first kappa shape index (κ1) is 15.1. The van der Waals surface area contributed by atoms with Crippen molar-refractivity contribution < 1.29 is 14.6 Å². The van der Waals surface area contributed by atoms with Crippen LogP contribution in [0.3, 0.4) is 0 Å². The molecule has 0 aliphatic heterocycles. The molecule has 2 rings (SSSR count). The van der Waals surface area contributed by atoms with Gasteiger partial charge in [-0.25, -0.2) is 4.79 Å². The van der Waals surface area contributed by atoms with Crippen LogP contribution in [0.25, 0.3) is 0 Å². The SMILES string of the molecule is COCCn1cc(Nc2c(Cl)cc(N)cc2C(=O)O)cn1. The monoisotopic (exact) mass is 310 g/mol. The van der Waals surface area contributed by atoms with E-state index >= 15 is 0 Å². The molecule has 0 amide bonds. The van der Waals surface area contributed by atoms with Crippen LogP contribution < -0.4 is 11.1 Å². The molecule has 1 aromatic heterocycles. The molecule has 1 heterocycles. The second kappa shape index (κ2) is 6.47. The van der Waals surface area contributed by atoms with Gasteiger partial charge in [-0.2, -0.15) is 5.10 Å². The number of ether oxygens (including phenoxy) is 1. The van der Waals surface area contributed by atoms with Gasteiger partial charge in [0.05, 0.1) is 41.3 Å². The number of anilines is 3. The Labute approximate surface area is 126 Å². The molecular formula is C13H15ClN4O3. The van der Waals surface area contributed by atoms with Gasteiger partial charge < -0.3 is 20.9 Å². The average Bonchev–Trinajstić information content (AvgIpc) is 2.86. The maximum atomic E-state index is 11.3. The fourth-order valence-electron chi connectivity index (χ4n) is 1.80. The van der Waals surface area contributed by atoms with Crippen LogP contribution in [0.1, 0.15) is 10.4 Å². The zero-order valence-electron chi connectivity index (χ0n) is 11.3. The number of nitrogen functional groups attached to an aromatic ring is 1. The summed E-state index contributed by atoms with van der Waals surface area (Å²) in [6.07, 6.45) is 3.31. The van der Waals surface area contributed by atoms with E-state index in [0.29, 0.717) is 24.5 Å². The second-order valence-electron chi connectivity index (χ2n) is 4.34. The molecule has 0 radical (unpaired) electrons. The highest BCUT2D eigenvalue weighted by molar-refractivity contribution is 6.34. The van der Waals surface area contributed by atoms with Gasteiger partial charge in [-0.05, 0) is 12.1 Å². The summed E-state index contributed by atoms with van der Waals surface area (Å²) in [4.78, 5) is 11.3. The molecule has 0 aliphatic carbocycles. The van der Waals surface area contributed by atoms with Crippen molar-refractivity contribution in [2.75, 3.05) is 24.8 Å². The molecule has 0 fully saturated rings. The number of benzene rings is 1. The Morgan fingerprint density at radius 1 is 1.57 bits per heavy atom. The van der Waals surface area contributed by atoms with E-state index in [-0.39, 0.29) is 16.3 Å². The smallest absolute Gasteiger partial charge is 0.337 e. The molecule has 112 valence electrons. The number of carbonyl (C=O) groups is 1. The van der Waals surface area contributed by atoms with Crippen molar-refractivity contribution in [2.24, 2.45) is 0 Å². The van der Waals surface area contributed by atoms with Crippen molar-refractivity contribution in [2.45, 2.75) is 6.54 Å². The quantitative estimate of drug-likeness (QED) is 0.707. The van der Waals surface area contributed by atoms with Gasteiger partial charge in [-0.3, -0.25) is 4.68 Å². The molecular weight excluding hydrogens is 296 g/mol. The van der Waals surface area contributed by atoms with Crippen LogP contribution in [0.5, 0.6) is 0 Å². The third-order valence-electron chi connectivity index (χ3n) is 2.77. The summed E-state index contributed by atoms with van der Waals surface area (Å²) in [7, 11) is 1.61. The molecule has 8 heteroatoms. The number of rotatable bonds is 6. The number of hydrogen-bond acceptors (Lipinski definition) is 5. The molecule has 0 unspecified atom stereocenters. The Bertz CT molecular complexity index is 657. The Morgan fingerprint density at radius 3 is 3.00 bits per heavy atom. The summed E-state index contributed by atoms with van der Waals surface area (Å²) < 4.78 is 6.64. The van der Waals surface area contributed by atoms with Gasteiger partial charge >= 0.3 is 5.97 Å². The lowest BCUT2D eigenvalue weighted by atomic mass is 10.1. The van der Waals surface area contributed by atoms with E-state index in [9.17, 15) is 9.90 Å². The molecule has 0 aliphatic rings. The molecule has 7 nitrogen and oxygen atoms in total. The first-order valence-corrected chi connectivity index (χ1v) is 6.49. The molecule has 0 saturated carbocycles. The minimum atomic E-state index is -1.11. The normalized spacial score (nSPS) is 10.6. The van der Waals surface area contributed by atoms with Crippen molar-refractivity contribution in [1.82, 2.24) is 9.78 Å². The molecule has 0 bridgehead atoms. The number of aromatic carboxylic acids is 1. The first-order valence-electron chi connectivity index (χ1n) is 6.12. The van der Waals surface area contributed by atoms with Crippen LogP contribution in [0.15, 0.2) is 24.5 Å². The van der Waals surface area contributed by atoms with E-state index in [1.165, 1.54) is 12.1 Å². The molecule has 1 aromatic carbocycles. The summed E-state index contributed by atoms with van der Waals surface area (Å²) in [5.41, 5.74) is 6.81. The highest BCUT2D eigenvalue weighted by Gasteiger charge is 2.15. The summed E-state index contributed by atoms with van der Waals surface area (Å²) in [5.74, 6) is -1.11. The first-order chi connectivity index (χ1) is 10.0. The van der Waals surface area contributed by atoms with Crippen molar-refractivity contribution in [1.29, 1.82) is 0 Å². The Hall–Kier alpha value is -2.25. The molecule has 0 spiro atoms. The molecule has 0 atom stereocenters. The topological polar surface area (TPSA) is 102 Å². The van der Waals surface area contributed by atoms with Crippen LogP contribution >= 0.6 is 11.6 Å². The van der Waals surface area contributed by atoms with Gasteiger partial charge in [0.2, 0.25) is 0 Å². The van der Waals surface area contributed by atoms with Gasteiger partial charge in [0.1, 0.15) is 0 Å². The lowest BCUT2D eigenvalue weighted by Crippen LogP contribution is -2.05. The number of aromatic nitrogens is 2. The fraction of sp³-hybridized carbons (Fsp3) is 0.231. The predicted octanol–water partition coefficient (Wildman–Crippen LogP) is 2.21. The lowest BCUT2D eigenvalue weighted by molar-refractivity contribution is 0.0698. The summed E-state index contributed by atoms with van der Waals surface area (Å²) in [5, 5.41) is 16.5. The summed E-state index contributed by atoms with van der Waals surface area (Å²) in [6, 6.07) is 2.84. The number of nitrogens with zero attached hydrogens (tertiary/aromatic N) is 2. The third-order valence-corrected chi connectivity index (χ3v) is 3.07. The highest BCUT2D eigenvalue weighted by Crippen LogP contribution is 2.31. The van der Waals surface area contributed by atoms with Crippen LogP contribution in [0, 0.1) is 0 Å². The summed E-state index contributed by atoms with van der Waals surface area (Å²) >= 11 is 6.07. The maximum absolute atomic E-state index is 11.3. The number of nitrogens with two attached hydrogens (primary N) is 1. The van der Waals surface area contributed by atoms with E-state index in [2.05, 4.69) is 10.4 Å². The van der Waals surface area contributed by atoms with Gasteiger partial charge in [0, 0.05) is 19.0 Å². The molecule has 0 saturated heterocycles. The van der Waals surface area contributed by atoms with Crippen LogP contribution in [-0.2, 0) is 11.3 Å². The van der Waals surface area contributed by atoms with Crippen LogP contribution in [0.4, 0.5) is 17.1 Å².